The van der Waals surface area contributed by atoms with E-state index >= 15 is 0 Å². The fourth-order valence-electron chi connectivity index (χ4n) is 2.78. The molecule has 98 valence electrons. The topological polar surface area (TPSA) is 29.1 Å². The van der Waals surface area contributed by atoms with E-state index in [0.29, 0.717) is 10.6 Å². The number of carbonyl (C=O) groups excluding carboxylic acids is 1. The van der Waals surface area contributed by atoms with Crippen LogP contribution in [0.1, 0.15) is 23.2 Å². The predicted molar refractivity (Wildman–Crippen MR) is 78.9 cm³/mol. The van der Waals surface area contributed by atoms with Crippen LogP contribution in [0.2, 0.25) is 5.02 Å². The van der Waals surface area contributed by atoms with Gasteiger partial charge in [0.05, 0.1) is 5.02 Å². The Balaban J connectivity index is 2.08. The largest absolute Gasteiger partial charge is 0.317 e. The molecular weight excluding hydrogens is 258 g/mol. The van der Waals surface area contributed by atoms with Crippen molar-refractivity contribution in [2.75, 3.05) is 13.1 Å². The number of ketones is 1. The van der Waals surface area contributed by atoms with Crippen LogP contribution in [0.3, 0.4) is 0 Å². The van der Waals surface area contributed by atoms with Crippen LogP contribution in [0.5, 0.6) is 0 Å². The molecule has 1 N–H and O–H groups in total. The Hall–Kier alpha value is -1.38. The lowest BCUT2D eigenvalue weighted by Gasteiger charge is -2.22. The molecule has 0 spiro atoms. The molecule has 2 nitrogen and oxygen atoms in total. The molecule has 1 saturated heterocycles. The second-order valence-electron chi connectivity index (χ2n) is 5.03. The van der Waals surface area contributed by atoms with Crippen molar-refractivity contribution in [3.05, 3.63) is 47.0 Å². The lowest BCUT2D eigenvalue weighted by molar-refractivity contribution is 0.0897. The number of hydrogen-bond acceptors (Lipinski definition) is 2. The Labute approximate surface area is 117 Å². The highest BCUT2D eigenvalue weighted by atomic mass is 35.5. The maximum atomic E-state index is 12.7. The van der Waals surface area contributed by atoms with Gasteiger partial charge in [-0.1, -0.05) is 41.9 Å². The monoisotopic (exact) mass is 273 g/mol. The maximum absolute atomic E-state index is 12.7. The SMILES string of the molecule is O=C(c1c(Cl)ccc2ccccc12)C1CCNCC1. The number of Topliss-reactive ketones (excluding diaryl/α,β-unsaturated/α-hetero) is 1. The average Bonchev–Trinajstić information content (AvgIpc) is 2.47. The van der Waals surface area contributed by atoms with Gasteiger partial charge in [0.15, 0.2) is 5.78 Å². The molecule has 0 aliphatic carbocycles. The van der Waals surface area contributed by atoms with Gasteiger partial charge in [0.25, 0.3) is 0 Å². The third kappa shape index (κ3) is 2.38. The second-order valence-corrected chi connectivity index (χ2v) is 5.44. The maximum Gasteiger partial charge on any atom is 0.168 e. The van der Waals surface area contributed by atoms with Crippen LogP contribution in [0, 0.1) is 5.92 Å². The molecule has 0 saturated carbocycles. The van der Waals surface area contributed by atoms with Crippen molar-refractivity contribution in [3.63, 3.8) is 0 Å². The van der Waals surface area contributed by atoms with Gasteiger partial charge in [0, 0.05) is 11.5 Å². The van der Waals surface area contributed by atoms with Crippen molar-refractivity contribution in [2.45, 2.75) is 12.8 Å². The zero-order valence-electron chi connectivity index (χ0n) is 10.7. The van der Waals surface area contributed by atoms with Crippen LogP contribution < -0.4 is 5.32 Å². The summed E-state index contributed by atoms with van der Waals surface area (Å²) in [5.74, 6) is 0.299. The first-order valence-corrected chi connectivity index (χ1v) is 7.07. The van der Waals surface area contributed by atoms with Crippen molar-refractivity contribution in [1.29, 1.82) is 0 Å². The highest BCUT2D eigenvalue weighted by molar-refractivity contribution is 6.36. The van der Waals surface area contributed by atoms with Gasteiger partial charge in [-0.2, -0.15) is 0 Å². The molecule has 19 heavy (non-hydrogen) atoms. The number of nitrogens with one attached hydrogen (secondary N) is 1. The smallest absolute Gasteiger partial charge is 0.168 e. The van der Waals surface area contributed by atoms with E-state index in [9.17, 15) is 4.79 Å². The van der Waals surface area contributed by atoms with Crippen LogP contribution in [0.4, 0.5) is 0 Å². The number of hydrogen-bond donors (Lipinski definition) is 1. The van der Waals surface area contributed by atoms with E-state index in [1.54, 1.807) is 0 Å². The Morgan fingerprint density at radius 2 is 1.84 bits per heavy atom. The lowest BCUT2D eigenvalue weighted by atomic mass is 9.87. The number of halogens is 1. The van der Waals surface area contributed by atoms with E-state index < -0.39 is 0 Å². The number of rotatable bonds is 2. The minimum absolute atomic E-state index is 0.101. The van der Waals surface area contributed by atoms with Crippen LogP contribution in [-0.2, 0) is 0 Å². The molecule has 1 aliphatic heterocycles. The zero-order valence-corrected chi connectivity index (χ0v) is 11.4. The summed E-state index contributed by atoms with van der Waals surface area (Å²) in [4.78, 5) is 12.7. The highest BCUT2D eigenvalue weighted by Crippen LogP contribution is 2.30. The first-order valence-electron chi connectivity index (χ1n) is 6.69. The molecule has 1 heterocycles. The quantitative estimate of drug-likeness (QED) is 0.846. The molecule has 0 amide bonds. The predicted octanol–water partition coefficient (Wildman–Crippen LogP) is 3.68. The van der Waals surface area contributed by atoms with E-state index in [1.807, 2.05) is 36.4 Å². The van der Waals surface area contributed by atoms with Crippen molar-refractivity contribution in [2.24, 2.45) is 5.92 Å². The van der Waals surface area contributed by atoms with Crippen LogP contribution in [0.25, 0.3) is 10.8 Å². The van der Waals surface area contributed by atoms with Gasteiger partial charge in [0.2, 0.25) is 0 Å². The van der Waals surface area contributed by atoms with E-state index in [1.165, 1.54) is 0 Å². The second kappa shape index (κ2) is 5.32. The van der Waals surface area contributed by atoms with Crippen LogP contribution in [-0.4, -0.2) is 18.9 Å². The minimum Gasteiger partial charge on any atom is -0.317 e. The van der Waals surface area contributed by atoms with Gasteiger partial charge >= 0.3 is 0 Å². The third-order valence-electron chi connectivity index (χ3n) is 3.83. The lowest BCUT2D eigenvalue weighted by Crippen LogP contribution is -2.32. The van der Waals surface area contributed by atoms with Gasteiger partial charge in [-0.15, -0.1) is 0 Å². The first kappa shape index (κ1) is 12.6. The summed E-state index contributed by atoms with van der Waals surface area (Å²) in [7, 11) is 0. The number of fused-ring (bicyclic) bond motifs is 1. The van der Waals surface area contributed by atoms with E-state index in [2.05, 4.69) is 5.32 Å². The summed E-state index contributed by atoms with van der Waals surface area (Å²) < 4.78 is 0. The van der Waals surface area contributed by atoms with E-state index in [-0.39, 0.29) is 11.7 Å². The zero-order chi connectivity index (χ0) is 13.2. The minimum atomic E-state index is 0.101. The summed E-state index contributed by atoms with van der Waals surface area (Å²) in [6.07, 6.45) is 1.80. The summed E-state index contributed by atoms with van der Waals surface area (Å²) in [6, 6.07) is 11.7. The fourth-order valence-corrected chi connectivity index (χ4v) is 3.04. The molecule has 2 aromatic rings. The van der Waals surface area contributed by atoms with E-state index in [4.69, 9.17) is 11.6 Å². The van der Waals surface area contributed by atoms with Crippen molar-refractivity contribution >= 4 is 28.2 Å². The first-order chi connectivity index (χ1) is 9.27. The number of carbonyl (C=O) groups is 1. The Morgan fingerprint density at radius 1 is 1.11 bits per heavy atom. The normalized spacial score (nSPS) is 16.7. The molecule has 1 fully saturated rings. The number of benzene rings is 2. The molecule has 0 atom stereocenters. The molecule has 0 bridgehead atoms. The molecule has 3 heteroatoms. The Kier molecular flexibility index (Phi) is 3.54. The summed E-state index contributed by atoms with van der Waals surface area (Å²) in [5, 5.41) is 5.90. The molecule has 2 aromatic carbocycles. The van der Waals surface area contributed by atoms with Gasteiger partial charge in [-0.05, 0) is 42.8 Å². The van der Waals surface area contributed by atoms with Gasteiger partial charge in [-0.3, -0.25) is 4.79 Å². The van der Waals surface area contributed by atoms with Crippen molar-refractivity contribution < 1.29 is 4.79 Å². The third-order valence-corrected chi connectivity index (χ3v) is 4.15. The van der Waals surface area contributed by atoms with Crippen molar-refractivity contribution in [1.82, 2.24) is 5.32 Å². The molecule has 0 aromatic heterocycles. The summed E-state index contributed by atoms with van der Waals surface area (Å²) in [5.41, 5.74) is 0.701. The Bertz CT molecular complexity index is 617. The molecule has 1 aliphatic rings. The van der Waals surface area contributed by atoms with E-state index in [0.717, 1.165) is 36.7 Å². The fraction of sp³-hybridized carbons (Fsp3) is 0.312. The molecule has 0 radical (unpaired) electrons. The standard InChI is InChI=1S/C16H16ClNO/c17-14-6-5-11-3-1-2-4-13(11)15(14)16(19)12-7-9-18-10-8-12/h1-6,12,18H,7-10H2. The summed E-state index contributed by atoms with van der Waals surface area (Å²) in [6.45, 7) is 1.83. The highest BCUT2D eigenvalue weighted by Gasteiger charge is 2.25. The number of piperidine rings is 1. The molecular formula is C16H16ClNO. The summed E-state index contributed by atoms with van der Waals surface area (Å²) >= 11 is 6.28. The Morgan fingerprint density at radius 3 is 2.63 bits per heavy atom. The van der Waals surface area contributed by atoms with Gasteiger partial charge in [-0.25, -0.2) is 0 Å². The van der Waals surface area contributed by atoms with Crippen LogP contribution >= 0.6 is 11.6 Å². The average molecular weight is 274 g/mol. The van der Waals surface area contributed by atoms with Gasteiger partial charge < -0.3 is 5.32 Å². The van der Waals surface area contributed by atoms with Crippen molar-refractivity contribution in [3.8, 4) is 0 Å². The molecule has 3 rings (SSSR count). The molecule has 0 unspecified atom stereocenters. The van der Waals surface area contributed by atoms with Crippen LogP contribution in [0.15, 0.2) is 36.4 Å². The van der Waals surface area contributed by atoms with Gasteiger partial charge in [0.1, 0.15) is 0 Å².